The first-order chi connectivity index (χ1) is 7.25. The average molecular weight is 222 g/mol. The zero-order valence-corrected chi connectivity index (χ0v) is 8.98. The van der Waals surface area contributed by atoms with E-state index in [1.165, 1.54) is 0 Å². The average Bonchev–Trinajstić information content (AvgIpc) is 2.63. The maximum atomic E-state index is 5.49. The van der Waals surface area contributed by atoms with Gasteiger partial charge in [0.05, 0.1) is 0 Å². The molecule has 0 aliphatic heterocycles. The number of aromatic nitrogens is 5. The third-order valence-corrected chi connectivity index (χ3v) is 2.88. The van der Waals surface area contributed by atoms with Crippen LogP contribution in [0.25, 0.3) is 0 Å². The van der Waals surface area contributed by atoms with Crippen molar-refractivity contribution in [3.05, 3.63) is 23.9 Å². The van der Waals surface area contributed by atoms with Crippen molar-refractivity contribution >= 4 is 17.6 Å². The van der Waals surface area contributed by atoms with Gasteiger partial charge in [0.1, 0.15) is 5.82 Å². The number of hydrogen-bond acceptors (Lipinski definition) is 6. The molecule has 2 N–H and O–H groups in total. The topological polar surface area (TPSA) is 82.5 Å². The number of nitrogens with zero attached hydrogens (tertiary/aromatic N) is 5. The molecular weight excluding hydrogens is 212 g/mol. The molecule has 2 rings (SSSR count). The van der Waals surface area contributed by atoms with E-state index in [1.54, 1.807) is 28.7 Å². The zero-order chi connectivity index (χ0) is 10.7. The van der Waals surface area contributed by atoms with Gasteiger partial charge in [-0.3, -0.25) is 0 Å². The third-order valence-electron chi connectivity index (χ3n) is 1.80. The number of nitrogen functional groups attached to an aromatic ring is 1. The van der Waals surface area contributed by atoms with Crippen LogP contribution in [0.3, 0.4) is 0 Å². The molecule has 2 aromatic rings. The summed E-state index contributed by atoms with van der Waals surface area (Å²) in [5, 5.41) is 11.9. The number of tetrazole rings is 1. The molecule has 7 heteroatoms. The van der Waals surface area contributed by atoms with Crippen molar-refractivity contribution < 1.29 is 0 Å². The van der Waals surface area contributed by atoms with Crippen molar-refractivity contribution in [2.45, 2.75) is 10.9 Å². The van der Waals surface area contributed by atoms with E-state index in [0.29, 0.717) is 5.82 Å². The summed E-state index contributed by atoms with van der Waals surface area (Å²) in [5.74, 6) is 1.31. The van der Waals surface area contributed by atoms with Crippen molar-refractivity contribution in [3.63, 3.8) is 0 Å². The summed E-state index contributed by atoms with van der Waals surface area (Å²) in [6, 6.07) is 3.73. The molecule has 2 aromatic heterocycles. The van der Waals surface area contributed by atoms with Crippen LogP contribution in [-0.4, -0.2) is 25.2 Å². The SMILES string of the molecule is Cn1nnnc1SCc1ccc(N)nc1. The summed E-state index contributed by atoms with van der Waals surface area (Å²) in [6.07, 6.45) is 1.76. The van der Waals surface area contributed by atoms with Crippen molar-refractivity contribution in [3.8, 4) is 0 Å². The van der Waals surface area contributed by atoms with E-state index in [9.17, 15) is 0 Å². The van der Waals surface area contributed by atoms with E-state index in [2.05, 4.69) is 20.5 Å². The predicted molar refractivity (Wildman–Crippen MR) is 57.0 cm³/mol. The minimum absolute atomic E-state index is 0.532. The molecular formula is C8H10N6S. The van der Waals surface area contributed by atoms with Gasteiger partial charge in [0.2, 0.25) is 5.16 Å². The van der Waals surface area contributed by atoms with Gasteiger partial charge in [-0.05, 0) is 22.1 Å². The van der Waals surface area contributed by atoms with Gasteiger partial charge in [-0.25, -0.2) is 9.67 Å². The first-order valence-electron chi connectivity index (χ1n) is 4.31. The van der Waals surface area contributed by atoms with Gasteiger partial charge in [-0.1, -0.05) is 17.8 Å². The fraction of sp³-hybridized carbons (Fsp3) is 0.250. The molecule has 0 saturated carbocycles. The fourth-order valence-electron chi connectivity index (χ4n) is 1.01. The Morgan fingerprint density at radius 3 is 2.93 bits per heavy atom. The van der Waals surface area contributed by atoms with E-state index in [-0.39, 0.29) is 0 Å². The van der Waals surface area contributed by atoms with Crippen molar-refractivity contribution in [2.75, 3.05) is 5.73 Å². The number of thioether (sulfide) groups is 1. The van der Waals surface area contributed by atoms with E-state index < -0.39 is 0 Å². The third kappa shape index (κ3) is 2.44. The van der Waals surface area contributed by atoms with Crippen LogP contribution in [0.2, 0.25) is 0 Å². The van der Waals surface area contributed by atoms with E-state index in [0.717, 1.165) is 16.5 Å². The monoisotopic (exact) mass is 222 g/mol. The molecule has 6 nitrogen and oxygen atoms in total. The molecule has 0 aliphatic carbocycles. The maximum absolute atomic E-state index is 5.49. The Morgan fingerprint density at radius 2 is 2.33 bits per heavy atom. The zero-order valence-electron chi connectivity index (χ0n) is 8.16. The summed E-state index contributed by atoms with van der Waals surface area (Å²) < 4.78 is 1.63. The van der Waals surface area contributed by atoms with Gasteiger partial charge >= 0.3 is 0 Å². The molecule has 0 spiro atoms. The van der Waals surface area contributed by atoms with Crippen LogP contribution in [0, 0.1) is 0 Å². The Labute approximate surface area is 90.9 Å². The molecule has 0 aliphatic rings. The van der Waals surface area contributed by atoms with Crippen LogP contribution >= 0.6 is 11.8 Å². The number of aryl methyl sites for hydroxylation is 1. The predicted octanol–water partition coefficient (Wildman–Crippen LogP) is 0.480. The highest BCUT2D eigenvalue weighted by Gasteiger charge is 2.03. The molecule has 2 heterocycles. The molecule has 15 heavy (non-hydrogen) atoms. The second-order valence-electron chi connectivity index (χ2n) is 2.97. The van der Waals surface area contributed by atoms with Gasteiger partial charge < -0.3 is 5.73 Å². The number of hydrogen-bond donors (Lipinski definition) is 1. The first kappa shape index (κ1) is 9.91. The number of rotatable bonds is 3. The van der Waals surface area contributed by atoms with Gasteiger partial charge in [-0.15, -0.1) is 5.10 Å². The molecule has 0 radical (unpaired) electrons. The molecule has 0 bridgehead atoms. The first-order valence-corrected chi connectivity index (χ1v) is 5.30. The Bertz CT molecular complexity index is 437. The van der Waals surface area contributed by atoms with Crippen LogP contribution in [0.1, 0.15) is 5.56 Å². The quantitative estimate of drug-likeness (QED) is 0.760. The van der Waals surface area contributed by atoms with Crippen LogP contribution in [0.5, 0.6) is 0 Å². The molecule has 0 saturated heterocycles. The minimum Gasteiger partial charge on any atom is -0.384 e. The maximum Gasteiger partial charge on any atom is 0.209 e. The largest absolute Gasteiger partial charge is 0.384 e. The van der Waals surface area contributed by atoms with Crippen molar-refractivity contribution in [1.82, 2.24) is 25.2 Å². The van der Waals surface area contributed by atoms with Crippen LogP contribution < -0.4 is 5.73 Å². The van der Waals surface area contributed by atoms with E-state index >= 15 is 0 Å². The minimum atomic E-state index is 0.532. The van der Waals surface area contributed by atoms with Gasteiger partial charge in [0, 0.05) is 19.0 Å². The Morgan fingerprint density at radius 1 is 1.47 bits per heavy atom. The number of anilines is 1. The van der Waals surface area contributed by atoms with Crippen LogP contribution in [0.15, 0.2) is 23.5 Å². The smallest absolute Gasteiger partial charge is 0.209 e. The lowest BCUT2D eigenvalue weighted by atomic mass is 10.3. The lowest BCUT2D eigenvalue weighted by Gasteiger charge is -1.99. The van der Waals surface area contributed by atoms with Gasteiger partial charge in [-0.2, -0.15) is 0 Å². The normalized spacial score (nSPS) is 10.5. The highest BCUT2D eigenvalue weighted by molar-refractivity contribution is 7.98. The molecule has 0 fully saturated rings. The standard InChI is InChI=1S/C8H10N6S/c1-14-8(11-12-13-14)15-5-6-2-3-7(9)10-4-6/h2-4H,5H2,1H3,(H2,9,10). The fourth-order valence-corrected chi connectivity index (χ4v) is 1.80. The summed E-state index contributed by atoms with van der Waals surface area (Å²) >= 11 is 1.56. The second-order valence-corrected chi connectivity index (χ2v) is 3.91. The lowest BCUT2D eigenvalue weighted by molar-refractivity contribution is 0.664. The van der Waals surface area contributed by atoms with E-state index in [1.807, 2.05) is 13.1 Å². The highest BCUT2D eigenvalue weighted by atomic mass is 32.2. The van der Waals surface area contributed by atoms with Crippen LogP contribution in [-0.2, 0) is 12.8 Å². The number of pyridine rings is 1. The van der Waals surface area contributed by atoms with Crippen LogP contribution in [0.4, 0.5) is 5.82 Å². The highest BCUT2D eigenvalue weighted by Crippen LogP contribution is 2.18. The lowest BCUT2D eigenvalue weighted by Crippen LogP contribution is -1.94. The Balaban J connectivity index is 1.99. The summed E-state index contributed by atoms with van der Waals surface area (Å²) in [4.78, 5) is 4.01. The molecule has 0 atom stereocenters. The summed E-state index contributed by atoms with van der Waals surface area (Å²) in [5.41, 5.74) is 6.58. The number of nitrogens with two attached hydrogens (primary N) is 1. The van der Waals surface area contributed by atoms with Crippen molar-refractivity contribution in [2.24, 2.45) is 7.05 Å². The second kappa shape index (κ2) is 4.26. The van der Waals surface area contributed by atoms with E-state index in [4.69, 9.17) is 5.73 Å². The molecule has 0 aromatic carbocycles. The Kier molecular flexibility index (Phi) is 2.82. The van der Waals surface area contributed by atoms with Gasteiger partial charge in [0.25, 0.3) is 0 Å². The Hall–Kier alpha value is -1.63. The summed E-state index contributed by atoms with van der Waals surface area (Å²) in [7, 11) is 1.81. The molecule has 0 amide bonds. The summed E-state index contributed by atoms with van der Waals surface area (Å²) in [6.45, 7) is 0. The van der Waals surface area contributed by atoms with Crippen molar-refractivity contribution in [1.29, 1.82) is 0 Å². The van der Waals surface area contributed by atoms with Gasteiger partial charge in [0.15, 0.2) is 0 Å². The molecule has 78 valence electrons. The molecule has 0 unspecified atom stereocenters.